The van der Waals surface area contributed by atoms with Crippen LogP contribution in [0.2, 0.25) is 0 Å². The second kappa shape index (κ2) is 12.3. The number of aryl methyl sites for hydroxylation is 2. The van der Waals surface area contributed by atoms with E-state index in [-0.39, 0.29) is 17.1 Å². The number of ether oxygens (including phenoxy) is 1. The summed E-state index contributed by atoms with van der Waals surface area (Å²) < 4.78 is 71.8. The molecule has 1 fully saturated rings. The molecule has 1 saturated heterocycles. The molecule has 1 aliphatic rings. The van der Waals surface area contributed by atoms with Gasteiger partial charge in [-0.05, 0) is 49.2 Å². The van der Waals surface area contributed by atoms with Gasteiger partial charge in [0.05, 0.1) is 5.69 Å². The van der Waals surface area contributed by atoms with Gasteiger partial charge in [-0.25, -0.2) is 18.9 Å². The van der Waals surface area contributed by atoms with Crippen molar-refractivity contribution in [1.29, 1.82) is 0 Å². The molecular formula is C29H23F5N6O2S. The fourth-order valence-electron chi connectivity index (χ4n) is 4.41. The molecule has 0 atom stereocenters. The SMILES string of the molecule is Cc1cccc(C)c1N1CCSC1=NC(=O)N/C(F)=C(\F)c1ccc(-c2ncn(-c3ccc(OC(F)(F)F)cc3)n2)cc1. The average molecular weight is 615 g/mol. The number of hydrogen-bond acceptors (Lipinski definition) is 5. The van der Waals surface area contributed by atoms with Crippen LogP contribution in [0.5, 0.6) is 5.75 Å². The number of carbonyl (C=O) groups excluding carboxylic acids is 1. The van der Waals surface area contributed by atoms with Crippen molar-refractivity contribution in [3.8, 4) is 22.8 Å². The maximum absolute atomic E-state index is 14.9. The fraction of sp³-hybridized carbons (Fsp3) is 0.172. The van der Waals surface area contributed by atoms with Crippen LogP contribution >= 0.6 is 11.8 Å². The van der Waals surface area contributed by atoms with Crippen molar-refractivity contribution in [3.63, 3.8) is 0 Å². The van der Waals surface area contributed by atoms with E-state index in [1.54, 1.807) is 0 Å². The van der Waals surface area contributed by atoms with Crippen molar-refractivity contribution < 1.29 is 31.5 Å². The van der Waals surface area contributed by atoms with Crippen LogP contribution in [0, 0.1) is 13.8 Å². The lowest BCUT2D eigenvalue weighted by Crippen LogP contribution is -2.28. The van der Waals surface area contributed by atoms with Crippen LogP contribution in [0.15, 0.2) is 84.0 Å². The number of thioether (sulfide) groups is 1. The predicted molar refractivity (Wildman–Crippen MR) is 154 cm³/mol. The molecule has 14 heteroatoms. The summed E-state index contributed by atoms with van der Waals surface area (Å²) in [7, 11) is 0. The molecule has 3 aromatic carbocycles. The van der Waals surface area contributed by atoms with Gasteiger partial charge in [-0.3, -0.25) is 5.32 Å². The molecular weight excluding hydrogens is 591 g/mol. The smallest absolute Gasteiger partial charge is 0.406 e. The monoisotopic (exact) mass is 614 g/mol. The number of nitrogens with one attached hydrogen (secondary N) is 1. The van der Waals surface area contributed by atoms with Crippen molar-refractivity contribution in [2.75, 3.05) is 17.2 Å². The molecule has 1 aromatic heterocycles. The van der Waals surface area contributed by atoms with Crippen LogP contribution in [0.3, 0.4) is 0 Å². The Morgan fingerprint density at radius 2 is 1.67 bits per heavy atom. The fourth-order valence-corrected chi connectivity index (χ4v) is 5.35. The molecule has 0 spiro atoms. The first-order valence-corrected chi connectivity index (χ1v) is 13.8. The number of hydrogen-bond donors (Lipinski definition) is 1. The number of alkyl halides is 3. The number of anilines is 1. The van der Waals surface area contributed by atoms with E-state index < -0.39 is 24.2 Å². The maximum Gasteiger partial charge on any atom is 0.573 e. The van der Waals surface area contributed by atoms with E-state index in [9.17, 15) is 26.7 Å². The lowest BCUT2D eigenvalue weighted by Gasteiger charge is -2.22. The number of benzene rings is 3. The number of para-hydroxylation sites is 1. The number of aliphatic imine (C=N–C) groups is 1. The number of amidine groups is 1. The first-order valence-electron chi connectivity index (χ1n) is 12.8. The number of amides is 2. The molecule has 0 bridgehead atoms. The molecule has 2 amide bonds. The topological polar surface area (TPSA) is 84.6 Å². The Balaban J connectivity index is 1.26. The van der Waals surface area contributed by atoms with Crippen LogP contribution in [0.1, 0.15) is 16.7 Å². The minimum atomic E-state index is -4.80. The standard InChI is InChI=1S/C29H23F5N6O2S/c1-17-4-3-5-18(2)24(17)39-14-15-43-28(39)37-27(41)36-25(31)23(30)19-6-8-20(9-7-19)26-35-16-40(38-26)21-10-12-22(13-11-21)42-29(32,33)34/h3-13,16H,14-15H2,1-2H3,(H,36,41)/b25-23-,37-28?. The van der Waals surface area contributed by atoms with E-state index in [1.165, 1.54) is 59.2 Å². The van der Waals surface area contributed by atoms with Crippen LogP contribution in [0.4, 0.5) is 32.4 Å². The van der Waals surface area contributed by atoms with Gasteiger partial charge in [0.25, 0.3) is 0 Å². The average Bonchev–Trinajstić information content (AvgIpc) is 3.63. The molecule has 0 saturated carbocycles. The van der Waals surface area contributed by atoms with E-state index in [4.69, 9.17) is 0 Å². The molecule has 1 aliphatic heterocycles. The number of aromatic nitrogens is 3. The third-order valence-corrected chi connectivity index (χ3v) is 7.27. The number of rotatable bonds is 6. The summed E-state index contributed by atoms with van der Waals surface area (Å²) in [5, 5.41) is 6.53. The Morgan fingerprint density at radius 3 is 2.33 bits per heavy atom. The van der Waals surface area contributed by atoms with E-state index in [1.807, 2.05) is 42.3 Å². The van der Waals surface area contributed by atoms with Crippen molar-refractivity contribution >= 4 is 34.5 Å². The van der Waals surface area contributed by atoms with Gasteiger partial charge in [-0.1, -0.05) is 54.2 Å². The zero-order chi connectivity index (χ0) is 30.7. The molecule has 222 valence electrons. The summed E-state index contributed by atoms with van der Waals surface area (Å²) in [4.78, 5) is 22.5. The highest BCUT2D eigenvalue weighted by Gasteiger charge is 2.31. The van der Waals surface area contributed by atoms with Crippen molar-refractivity contribution in [2.24, 2.45) is 4.99 Å². The van der Waals surface area contributed by atoms with Crippen molar-refractivity contribution in [2.45, 2.75) is 20.2 Å². The first-order chi connectivity index (χ1) is 20.5. The Morgan fingerprint density at radius 1 is 1.00 bits per heavy atom. The highest BCUT2D eigenvalue weighted by atomic mass is 32.2. The predicted octanol–water partition coefficient (Wildman–Crippen LogP) is 7.33. The normalized spacial score (nSPS) is 15.0. The van der Waals surface area contributed by atoms with Gasteiger partial charge in [-0.2, -0.15) is 9.38 Å². The Bertz CT molecular complexity index is 1680. The second-order valence-corrected chi connectivity index (χ2v) is 10.4. The minimum Gasteiger partial charge on any atom is -0.406 e. The van der Waals surface area contributed by atoms with E-state index in [2.05, 4.69) is 19.8 Å². The minimum absolute atomic E-state index is 0.138. The Labute approximate surface area is 246 Å². The quantitative estimate of drug-likeness (QED) is 0.181. The first kappa shape index (κ1) is 29.8. The Kier molecular flexibility index (Phi) is 8.48. The lowest BCUT2D eigenvalue weighted by molar-refractivity contribution is -0.274. The van der Waals surface area contributed by atoms with Crippen molar-refractivity contribution in [1.82, 2.24) is 20.1 Å². The van der Waals surface area contributed by atoms with E-state index >= 15 is 0 Å². The highest BCUT2D eigenvalue weighted by molar-refractivity contribution is 8.14. The van der Waals surface area contributed by atoms with Crippen LogP contribution in [0.25, 0.3) is 22.9 Å². The van der Waals surface area contributed by atoms with Gasteiger partial charge in [0, 0.05) is 29.1 Å². The summed E-state index contributed by atoms with van der Waals surface area (Å²) in [6, 6.07) is 15.3. The third-order valence-electron chi connectivity index (χ3n) is 6.32. The molecule has 1 N–H and O–H groups in total. The van der Waals surface area contributed by atoms with Crippen LogP contribution < -0.4 is 15.0 Å². The third kappa shape index (κ3) is 7.02. The summed E-state index contributed by atoms with van der Waals surface area (Å²) in [5.41, 5.74) is 3.69. The molecule has 4 aromatic rings. The van der Waals surface area contributed by atoms with Gasteiger partial charge in [-0.15, -0.1) is 18.3 Å². The van der Waals surface area contributed by atoms with Crippen LogP contribution in [-0.2, 0) is 0 Å². The summed E-state index contributed by atoms with van der Waals surface area (Å²) in [5.74, 6) is -2.22. The molecule has 0 aliphatic carbocycles. The van der Waals surface area contributed by atoms with Gasteiger partial charge < -0.3 is 9.64 Å². The number of halogens is 5. The van der Waals surface area contributed by atoms with E-state index in [0.717, 1.165) is 28.9 Å². The van der Waals surface area contributed by atoms with E-state index in [0.29, 0.717) is 28.7 Å². The maximum atomic E-state index is 14.9. The number of nitrogens with zero attached hydrogens (tertiary/aromatic N) is 5. The Hall–Kier alpha value is -4.72. The second-order valence-electron chi connectivity index (χ2n) is 9.32. The lowest BCUT2D eigenvalue weighted by atomic mass is 10.1. The molecule has 8 nitrogen and oxygen atoms in total. The largest absolute Gasteiger partial charge is 0.573 e. The molecule has 5 rings (SSSR count). The van der Waals surface area contributed by atoms with Gasteiger partial charge in [0.15, 0.2) is 16.8 Å². The van der Waals surface area contributed by atoms with Gasteiger partial charge >= 0.3 is 12.4 Å². The summed E-state index contributed by atoms with van der Waals surface area (Å²) in [6.07, 6.45) is -3.45. The highest BCUT2D eigenvalue weighted by Crippen LogP contribution is 2.31. The molecule has 0 radical (unpaired) electrons. The number of urea groups is 1. The zero-order valence-corrected chi connectivity index (χ0v) is 23.5. The zero-order valence-electron chi connectivity index (χ0n) is 22.7. The molecule has 0 unspecified atom stereocenters. The number of carbonyl (C=O) groups is 1. The van der Waals surface area contributed by atoms with Crippen LogP contribution in [-0.4, -0.2) is 44.6 Å². The summed E-state index contributed by atoms with van der Waals surface area (Å²) >= 11 is 1.35. The van der Waals surface area contributed by atoms with Gasteiger partial charge in [0.2, 0.25) is 5.95 Å². The molecule has 2 heterocycles. The van der Waals surface area contributed by atoms with Gasteiger partial charge in [0.1, 0.15) is 12.1 Å². The molecule has 43 heavy (non-hydrogen) atoms. The van der Waals surface area contributed by atoms with Crippen molar-refractivity contribution in [3.05, 3.63) is 95.7 Å². The summed E-state index contributed by atoms with van der Waals surface area (Å²) in [6.45, 7) is 4.52.